The van der Waals surface area contributed by atoms with Crippen LogP contribution in [0.3, 0.4) is 0 Å². The lowest BCUT2D eigenvalue weighted by Crippen LogP contribution is -2.44. The van der Waals surface area contributed by atoms with Crippen LogP contribution < -0.4 is 15.4 Å². The van der Waals surface area contributed by atoms with Crippen LogP contribution in [0.1, 0.15) is 44.7 Å². The zero-order valence-electron chi connectivity index (χ0n) is 23.0. The average molecular weight is 553 g/mol. The third-order valence-electron chi connectivity index (χ3n) is 5.17. The van der Waals surface area contributed by atoms with Gasteiger partial charge in [0.2, 0.25) is 0 Å². The van der Waals surface area contributed by atoms with Gasteiger partial charge in [0, 0.05) is 0 Å². The van der Waals surface area contributed by atoms with E-state index in [4.69, 9.17) is 18.9 Å². The fourth-order valence-corrected chi connectivity index (χ4v) is 3.30. The molecule has 0 aliphatic rings. The second-order valence-corrected chi connectivity index (χ2v) is 9.63. The Bertz CT molecular complexity index is 1170. The van der Waals surface area contributed by atoms with Gasteiger partial charge in [0.1, 0.15) is 36.6 Å². The van der Waals surface area contributed by atoms with Gasteiger partial charge in [0.15, 0.2) is 0 Å². The Labute approximate surface area is 234 Å². The first-order chi connectivity index (χ1) is 19.0. The molecule has 40 heavy (non-hydrogen) atoms. The molecule has 0 aromatic heterocycles. The van der Waals surface area contributed by atoms with Gasteiger partial charge in [0.25, 0.3) is 0 Å². The molecular formula is C30H36N2O8. The molecule has 0 aliphatic carbocycles. The summed E-state index contributed by atoms with van der Waals surface area (Å²) in [5, 5.41) is 4.98. The summed E-state index contributed by atoms with van der Waals surface area (Å²) in [7, 11) is 0. The van der Waals surface area contributed by atoms with Gasteiger partial charge >= 0.3 is 24.1 Å². The predicted molar refractivity (Wildman–Crippen MR) is 148 cm³/mol. The summed E-state index contributed by atoms with van der Waals surface area (Å²) in [6.07, 6.45) is 1.66. The van der Waals surface area contributed by atoms with E-state index in [1.54, 1.807) is 75.4 Å². The number of para-hydroxylation sites is 1. The van der Waals surface area contributed by atoms with E-state index in [0.29, 0.717) is 16.9 Å². The maximum Gasteiger partial charge on any atom is 0.408 e. The Kier molecular flexibility index (Phi) is 12.4. The van der Waals surface area contributed by atoms with Crippen molar-refractivity contribution >= 4 is 24.1 Å². The molecule has 2 N–H and O–H groups in total. The Balaban J connectivity index is 1.95. The molecule has 0 aliphatic heterocycles. The van der Waals surface area contributed by atoms with Crippen molar-refractivity contribution in [1.29, 1.82) is 0 Å². The number of esters is 2. The monoisotopic (exact) mass is 552 g/mol. The van der Waals surface area contributed by atoms with Crippen LogP contribution >= 0.6 is 0 Å². The molecule has 0 spiro atoms. The molecule has 0 unspecified atom stereocenters. The number of amides is 2. The van der Waals surface area contributed by atoms with E-state index in [1.807, 2.05) is 0 Å². The molecule has 2 rings (SSSR count). The number of benzene rings is 2. The number of hydrogen-bond donors (Lipinski definition) is 2. The number of alkyl carbamates (subject to hydrolysis) is 2. The highest BCUT2D eigenvalue weighted by Gasteiger charge is 2.25. The Morgan fingerprint density at radius 3 is 1.80 bits per heavy atom. The molecule has 0 fully saturated rings. The summed E-state index contributed by atoms with van der Waals surface area (Å²) in [5.41, 5.74) is 0.439. The lowest BCUT2D eigenvalue weighted by Gasteiger charge is -2.22. The van der Waals surface area contributed by atoms with Gasteiger partial charge < -0.3 is 29.6 Å². The van der Waals surface area contributed by atoms with Crippen molar-refractivity contribution < 1.29 is 38.1 Å². The number of nitrogens with one attached hydrogen (secondary N) is 2. The Morgan fingerprint density at radius 1 is 0.750 bits per heavy atom. The fourth-order valence-electron chi connectivity index (χ4n) is 3.30. The van der Waals surface area contributed by atoms with Crippen molar-refractivity contribution in [2.75, 3.05) is 0 Å². The zero-order chi connectivity index (χ0) is 29.5. The molecule has 0 saturated heterocycles. The quantitative estimate of drug-likeness (QED) is 0.154. The lowest BCUT2D eigenvalue weighted by atomic mass is 10.1. The topological polar surface area (TPSA) is 129 Å². The Morgan fingerprint density at radius 2 is 1.25 bits per heavy atom. The van der Waals surface area contributed by atoms with E-state index in [9.17, 15) is 19.2 Å². The van der Waals surface area contributed by atoms with Crippen LogP contribution in [0.2, 0.25) is 0 Å². The normalized spacial score (nSPS) is 12.2. The molecule has 2 aromatic carbocycles. The maximum absolute atomic E-state index is 12.7. The summed E-state index contributed by atoms with van der Waals surface area (Å²) in [4.78, 5) is 49.8. The van der Waals surface area contributed by atoms with Gasteiger partial charge in [0.05, 0.1) is 0 Å². The summed E-state index contributed by atoms with van der Waals surface area (Å²) in [6.45, 7) is 12.1. The van der Waals surface area contributed by atoms with Gasteiger partial charge in [-0.1, -0.05) is 54.6 Å². The lowest BCUT2D eigenvalue weighted by molar-refractivity contribution is -0.147. The molecule has 10 heteroatoms. The average Bonchev–Trinajstić information content (AvgIpc) is 2.90. The van der Waals surface area contributed by atoms with E-state index in [2.05, 4.69) is 23.8 Å². The van der Waals surface area contributed by atoms with E-state index in [-0.39, 0.29) is 26.1 Å². The van der Waals surface area contributed by atoms with Crippen LogP contribution in [-0.4, -0.2) is 41.8 Å². The molecule has 0 radical (unpaired) electrons. The highest BCUT2D eigenvalue weighted by molar-refractivity contribution is 5.83. The highest BCUT2D eigenvalue weighted by atomic mass is 16.6. The molecule has 2 amide bonds. The van der Waals surface area contributed by atoms with Crippen molar-refractivity contribution in [2.24, 2.45) is 0 Å². The van der Waals surface area contributed by atoms with Gasteiger partial charge in [-0.2, -0.15) is 0 Å². The van der Waals surface area contributed by atoms with Crippen molar-refractivity contribution in [3.63, 3.8) is 0 Å². The van der Waals surface area contributed by atoms with Gasteiger partial charge in [-0.15, -0.1) is 13.2 Å². The summed E-state index contributed by atoms with van der Waals surface area (Å²) in [5.74, 6) is -0.996. The molecule has 2 atom stereocenters. The molecule has 0 bridgehead atoms. The van der Waals surface area contributed by atoms with E-state index in [0.717, 1.165) is 0 Å². The van der Waals surface area contributed by atoms with Crippen molar-refractivity contribution in [1.82, 2.24) is 10.6 Å². The second-order valence-electron chi connectivity index (χ2n) is 9.63. The summed E-state index contributed by atoms with van der Waals surface area (Å²) < 4.78 is 21.3. The molecule has 0 heterocycles. The van der Waals surface area contributed by atoms with Crippen molar-refractivity contribution in [3.05, 3.63) is 91.0 Å². The minimum Gasteiger partial charge on any atom is -0.459 e. The van der Waals surface area contributed by atoms with Crippen LogP contribution in [0.25, 0.3) is 0 Å². The van der Waals surface area contributed by atoms with Crippen molar-refractivity contribution in [2.45, 2.75) is 64.5 Å². The molecular weight excluding hydrogens is 516 g/mol. The first-order valence-electron chi connectivity index (χ1n) is 12.7. The summed E-state index contributed by atoms with van der Waals surface area (Å²) >= 11 is 0. The first kappa shape index (κ1) is 31.6. The zero-order valence-corrected chi connectivity index (χ0v) is 23.0. The minimum absolute atomic E-state index is 0.133. The highest BCUT2D eigenvalue weighted by Crippen LogP contribution is 2.14. The largest absolute Gasteiger partial charge is 0.459 e. The summed E-state index contributed by atoms with van der Waals surface area (Å²) in [6, 6.07) is 13.4. The molecule has 214 valence electrons. The van der Waals surface area contributed by atoms with Crippen LogP contribution in [0.4, 0.5) is 9.59 Å². The van der Waals surface area contributed by atoms with E-state index in [1.165, 1.54) is 12.2 Å². The number of carbonyl (C=O) groups excluding carboxylic acids is 4. The predicted octanol–water partition coefficient (Wildman–Crippen LogP) is 4.98. The van der Waals surface area contributed by atoms with Crippen molar-refractivity contribution in [3.8, 4) is 5.75 Å². The third-order valence-corrected chi connectivity index (χ3v) is 5.17. The van der Waals surface area contributed by atoms with E-state index >= 15 is 0 Å². The first-order valence-corrected chi connectivity index (χ1v) is 12.7. The molecule has 0 saturated carbocycles. The van der Waals surface area contributed by atoms with Gasteiger partial charge in [-0.25, -0.2) is 19.2 Å². The van der Waals surface area contributed by atoms with Crippen LogP contribution in [0.15, 0.2) is 79.9 Å². The SMILES string of the molecule is C=CC[C@H](NC(=O)OC(C)(C)C)C(=O)OCc1ccccc1COC(=O)N[C@@H](CC=C)C(=O)Oc1ccccc1. The molecule has 2 aromatic rings. The third kappa shape index (κ3) is 11.4. The van der Waals surface area contributed by atoms with Crippen LogP contribution in [0, 0.1) is 0 Å². The van der Waals surface area contributed by atoms with E-state index < -0.39 is 41.8 Å². The van der Waals surface area contributed by atoms with Gasteiger partial charge in [-0.3, -0.25) is 0 Å². The number of rotatable bonds is 13. The number of ether oxygens (including phenoxy) is 4. The number of hydrogen-bond acceptors (Lipinski definition) is 8. The fraction of sp³-hybridized carbons (Fsp3) is 0.333. The van der Waals surface area contributed by atoms with Gasteiger partial charge in [-0.05, 0) is 56.9 Å². The number of carbonyl (C=O) groups is 4. The Hall–Kier alpha value is -4.60. The maximum atomic E-state index is 12.7. The smallest absolute Gasteiger partial charge is 0.408 e. The standard InChI is InChI=1S/C30H36N2O8/c1-6-13-24(32-29(36)40-30(3,4)5)26(33)37-19-21-15-11-12-16-22(21)20-38-28(35)31-25(14-7-2)27(34)39-23-17-9-8-10-18-23/h6-12,15-18,24-25H,1-2,13-14,19-20H2,3-5H3,(H,31,35)(H,32,36)/t24-,25-/m0/s1. The van der Waals surface area contributed by atoms with Crippen LogP contribution in [0.5, 0.6) is 5.75 Å². The second kappa shape index (κ2) is 15.7. The van der Waals surface area contributed by atoms with Crippen LogP contribution in [-0.2, 0) is 37.0 Å². The minimum atomic E-state index is -0.999. The molecule has 10 nitrogen and oxygen atoms in total.